The molecular formula is C21H20N2O3. The smallest absolute Gasteiger partial charge is 0.278 e. The van der Waals surface area contributed by atoms with Crippen LogP contribution in [0.15, 0.2) is 54.2 Å². The Balaban J connectivity index is 1.87. The Morgan fingerprint density at radius 3 is 2.42 bits per heavy atom. The normalized spacial score (nSPS) is 16.5. The second-order valence-corrected chi connectivity index (χ2v) is 6.34. The van der Waals surface area contributed by atoms with Gasteiger partial charge in [-0.3, -0.25) is 14.5 Å². The number of benzene rings is 2. The molecule has 0 saturated heterocycles. The van der Waals surface area contributed by atoms with E-state index in [2.05, 4.69) is 6.07 Å². The maximum Gasteiger partial charge on any atom is 0.278 e. The molecule has 2 aromatic carbocycles. The highest BCUT2D eigenvalue weighted by Crippen LogP contribution is 2.38. The van der Waals surface area contributed by atoms with Crippen molar-refractivity contribution in [3.05, 3.63) is 65.4 Å². The van der Waals surface area contributed by atoms with Gasteiger partial charge in [-0.2, -0.15) is 0 Å². The van der Waals surface area contributed by atoms with E-state index < -0.39 is 0 Å². The van der Waals surface area contributed by atoms with E-state index in [1.807, 2.05) is 54.3 Å². The molecule has 0 fully saturated rings. The molecular weight excluding hydrogens is 328 g/mol. The SMILES string of the molecule is CCN1C(=O)C(c2ccc(OC)cc2)=C(N2CCc3ccccc32)C1=O. The summed E-state index contributed by atoms with van der Waals surface area (Å²) >= 11 is 0. The third-order valence-electron chi connectivity index (χ3n) is 5.00. The average molecular weight is 348 g/mol. The number of hydrogen-bond donors (Lipinski definition) is 0. The molecule has 0 atom stereocenters. The minimum atomic E-state index is -0.234. The van der Waals surface area contributed by atoms with Crippen molar-refractivity contribution in [1.82, 2.24) is 4.90 Å². The van der Waals surface area contributed by atoms with Gasteiger partial charge < -0.3 is 9.64 Å². The number of ether oxygens (including phenoxy) is 1. The first-order valence-electron chi connectivity index (χ1n) is 8.76. The highest BCUT2D eigenvalue weighted by molar-refractivity contribution is 6.36. The van der Waals surface area contributed by atoms with Crippen LogP contribution in [0.3, 0.4) is 0 Å². The fourth-order valence-electron chi connectivity index (χ4n) is 3.69. The molecule has 132 valence electrons. The summed E-state index contributed by atoms with van der Waals surface area (Å²) in [6, 6.07) is 15.3. The quantitative estimate of drug-likeness (QED) is 0.797. The van der Waals surface area contributed by atoms with Crippen molar-refractivity contribution in [3.63, 3.8) is 0 Å². The van der Waals surface area contributed by atoms with Gasteiger partial charge in [0, 0.05) is 18.8 Å². The van der Waals surface area contributed by atoms with E-state index in [1.165, 1.54) is 10.5 Å². The predicted molar refractivity (Wildman–Crippen MR) is 99.8 cm³/mol. The molecule has 0 spiro atoms. The summed E-state index contributed by atoms with van der Waals surface area (Å²) in [5.74, 6) is 0.258. The van der Waals surface area contributed by atoms with Crippen LogP contribution in [0.2, 0.25) is 0 Å². The minimum absolute atomic E-state index is 0.222. The lowest BCUT2D eigenvalue weighted by Crippen LogP contribution is -2.34. The number of hydrogen-bond acceptors (Lipinski definition) is 4. The number of amides is 2. The van der Waals surface area contributed by atoms with E-state index in [1.54, 1.807) is 7.11 Å². The number of imide groups is 1. The number of carbonyl (C=O) groups excluding carboxylic acids is 2. The van der Waals surface area contributed by atoms with Crippen LogP contribution < -0.4 is 9.64 Å². The lowest BCUT2D eigenvalue weighted by atomic mass is 10.0. The largest absolute Gasteiger partial charge is 0.497 e. The zero-order chi connectivity index (χ0) is 18.3. The van der Waals surface area contributed by atoms with Crippen molar-refractivity contribution in [1.29, 1.82) is 0 Å². The molecule has 0 bridgehead atoms. The number of para-hydroxylation sites is 1. The van der Waals surface area contributed by atoms with Gasteiger partial charge in [0.1, 0.15) is 11.4 Å². The van der Waals surface area contributed by atoms with Crippen LogP contribution in [-0.2, 0) is 16.0 Å². The number of carbonyl (C=O) groups is 2. The van der Waals surface area contributed by atoms with Gasteiger partial charge in [-0.05, 0) is 42.7 Å². The van der Waals surface area contributed by atoms with E-state index in [0.717, 1.165) is 17.7 Å². The van der Waals surface area contributed by atoms with Gasteiger partial charge >= 0.3 is 0 Å². The molecule has 0 aliphatic carbocycles. The standard InChI is InChI=1S/C21H20N2O3/c1-3-22-20(24)18(15-8-10-16(26-2)11-9-15)19(21(22)25)23-13-12-14-6-4-5-7-17(14)23/h4-11H,3,12-13H2,1-2H3. The van der Waals surface area contributed by atoms with E-state index in [9.17, 15) is 9.59 Å². The monoisotopic (exact) mass is 348 g/mol. The van der Waals surface area contributed by atoms with E-state index in [-0.39, 0.29) is 11.8 Å². The third kappa shape index (κ3) is 2.39. The molecule has 2 aromatic rings. The summed E-state index contributed by atoms with van der Waals surface area (Å²) in [4.78, 5) is 29.3. The van der Waals surface area contributed by atoms with Crippen LogP contribution in [0.1, 0.15) is 18.1 Å². The van der Waals surface area contributed by atoms with Gasteiger partial charge in [-0.1, -0.05) is 30.3 Å². The summed E-state index contributed by atoms with van der Waals surface area (Å²) < 4.78 is 5.21. The topological polar surface area (TPSA) is 49.9 Å². The molecule has 2 amide bonds. The second kappa shape index (κ2) is 6.33. The highest BCUT2D eigenvalue weighted by atomic mass is 16.5. The Hall–Kier alpha value is -3.08. The Morgan fingerprint density at radius 2 is 1.73 bits per heavy atom. The first kappa shape index (κ1) is 16.4. The van der Waals surface area contributed by atoms with Crippen molar-refractivity contribution in [2.75, 3.05) is 25.1 Å². The maximum atomic E-state index is 13.0. The Morgan fingerprint density at radius 1 is 1.00 bits per heavy atom. The zero-order valence-electron chi connectivity index (χ0n) is 14.9. The fourth-order valence-corrected chi connectivity index (χ4v) is 3.69. The van der Waals surface area contributed by atoms with Gasteiger partial charge in [0.25, 0.3) is 11.8 Å². The van der Waals surface area contributed by atoms with Crippen LogP contribution >= 0.6 is 0 Å². The highest BCUT2D eigenvalue weighted by Gasteiger charge is 2.42. The van der Waals surface area contributed by atoms with Crippen molar-refractivity contribution < 1.29 is 14.3 Å². The molecule has 0 N–H and O–H groups in total. The molecule has 0 saturated carbocycles. The first-order valence-corrected chi connectivity index (χ1v) is 8.76. The predicted octanol–water partition coefficient (Wildman–Crippen LogP) is 2.86. The molecule has 0 aromatic heterocycles. The molecule has 5 heteroatoms. The number of anilines is 1. The molecule has 2 aliphatic heterocycles. The summed E-state index contributed by atoms with van der Waals surface area (Å²) in [7, 11) is 1.60. The van der Waals surface area contributed by atoms with Crippen LogP contribution in [0.25, 0.3) is 5.57 Å². The Bertz CT molecular complexity index is 915. The number of methoxy groups -OCH3 is 1. The lowest BCUT2D eigenvalue weighted by Gasteiger charge is -2.21. The molecule has 2 heterocycles. The molecule has 4 rings (SSSR count). The van der Waals surface area contributed by atoms with Crippen molar-refractivity contribution in [3.8, 4) is 5.75 Å². The maximum absolute atomic E-state index is 13.0. The molecule has 2 aliphatic rings. The van der Waals surface area contributed by atoms with Gasteiger partial charge in [0.2, 0.25) is 0 Å². The summed E-state index contributed by atoms with van der Waals surface area (Å²) in [5, 5.41) is 0. The van der Waals surface area contributed by atoms with Gasteiger partial charge in [0.15, 0.2) is 0 Å². The minimum Gasteiger partial charge on any atom is -0.497 e. The van der Waals surface area contributed by atoms with Crippen LogP contribution in [0.4, 0.5) is 5.69 Å². The van der Waals surface area contributed by atoms with Gasteiger partial charge in [-0.25, -0.2) is 0 Å². The van der Waals surface area contributed by atoms with E-state index >= 15 is 0 Å². The fraction of sp³-hybridized carbons (Fsp3) is 0.238. The first-order chi connectivity index (χ1) is 12.7. The molecule has 0 unspecified atom stereocenters. The van der Waals surface area contributed by atoms with E-state index in [0.29, 0.717) is 30.1 Å². The van der Waals surface area contributed by atoms with Crippen molar-refractivity contribution >= 4 is 23.1 Å². The average Bonchev–Trinajstić information content (AvgIpc) is 3.20. The van der Waals surface area contributed by atoms with Crippen molar-refractivity contribution in [2.24, 2.45) is 0 Å². The lowest BCUT2D eigenvalue weighted by molar-refractivity contribution is -0.136. The molecule has 0 radical (unpaired) electrons. The zero-order valence-corrected chi connectivity index (χ0v) is 14.9. The van der Waals surface area contributed by atoms with Crippen molar-refractivity contribution in [2.45, 2.75) is 13.3 Å². The molecule has 26 heavy (non-hydrogen) atoms. The second-order valence-electron chi connectivity index (χ2n) is 6.34. The third-order valence-corrected chi connectivity index (χ3v) is 5.00. The Labute approximate surface area is 152 Å². The summed E-state index contributed by atoms with van der Waals surface area (Å²) in [6.07, 6.45) is 0.864. The number of fused-ring (bicyclic) bond motifs is 1. The Kier molecular flexibility index (Phi) is 3.99. The van der Waals surface area contributed by atoms with Crippen LogP contribution in [0, 0.1) is 0 Å². The number of rotatable bonds is 4. The van der Waals surface area contributed by atoms with E-state index in [4.69, 9.17) is 4.74 Å². The summed E-state index contributed by atoms with van der Waals surface area (Å²) in [5.41, 5.74) is 3.89. The van der Waals surface area contributed by atoms with Crippen LogP contribution in [-0.4, -0.2) is 36.9 Å². The number of nitrogens with zero attached hydrogens (tertiary/aromatic N) is 2. The molecule has 5 nitrogen and oxygen atoms in total. The van der Waals surface area contributed by atoms with Crippen LogP contribution in [0.5, 0.6) is 5.75 Å². The number of likely N-dealkylation sites (N-methyl/N-ethyl adjacent to an activating group) is 1. The van der Waals surface area contributed by atoms with Gasteiger partial charge in [-0.15, -0.1) is 0 Å². The van der Waals surface area contributed by atoms with Gasteiger partial charge in [0.05, 0.1) is 12.7 Å². The summed E-state index contributed by atoms with van der Waals surface area (Å²) in [6.45, 7) is 2.88.